The molecular formula is C20H18N2O3. The summed E-state index contributed by atoms with van der Waals surface area (Å²) in [6.45, 7) is 0. The fourth-order valence-corrected chi connectivity index (χ4v) is 3.19. The molecule has 126 valence electrons. The molecule has 0 fully saturated rings. The molecule has 25 heavy (non-hydrogen) atoms. The third-order valence-corrected chi connectivity index (χ3v) is 4.47. The van der Waals surface area contributed by atoms with Crippen molar-refractivity contribution in [3.8, 4) is 11.5 Å². The quantitative estimate of drug-likeness (QED) is 0.617. The van der Waals surface area contributed by atoms with E-state index in [2.05, 4.69) is 4.98 Å². The largest absolute Gasteiger partial charge is 0.497 e. The lowest BCUT2D eigenvalue weighted by Crippen LogP contribution is -2.09. The van der Waals surface area contributed by atoms with Gasteiger partial charge in [0, 0.05) is 22.5 Å². The van der Waals surface area contributed by atoms with Gasteiger partial charge in [-0.3, -0.25) is 4.98 Å². The van der Waals surface area contributed by atoms with Crippen LogP contribution in [0.25, 0.3) is 21.8 Å². The van der Waals surface area contributed by atoms with Gasteiger partial charge in [0.25, 0.3) is 0 Å². The van der Waals surface area contributed by atoms with Gasteiger partial charge in [0.05, 0.1) is 31.4 Å². The van der Waals surface area contributed by atoms with Crippen LogP contribution in [-0.2, 0) is 0 Å². The molecule has 1 N–H and O–H groups in total. The number of methoxy groups -OCH3 is 2. The summed E-state index contributed by atoms with van der Waals surface area (Å²) in [6, 6.07) is 15.2. The van der Waals surface area contributed by atoms with Crippen molar-refractivity contribution < 1.29 is 14.6 Å². The molecule has 0 radical (unpaired) electrons. The minimum atomic E-state index is -0.830. The average Bonchev–Trinajstić information content (AvgIpc) is 3.01. The van der Waals surface area contributed by atoms with E-state index in [1.807, 2.05) is 53.1 Å². The van der Waals surface area contributed by atoms with E-state index in [0.29, 0.717) is 0 Å². The molecule has 2 heterocycles. The summed E-state index contributed by atoms with van der Waals surface area (Å²) in [5.74, 6) is 1.53. The topological polar surface area (TPSA) is 56.5 Å². The second kappa shape index (κ2) is 6.11. The van der Waals surface area contributed by atoms with Crippen molar-refractivity contribution in [1.82, 2.24) is 9.55 Å². The van der Waals surface area contributed by atoms with Crippen LogP contribution in [0.4, 0.5) is 0 Å². The maximum absolute atomic E-state index is 11.0. The maximum atomic E-state index is 11.0. The molecule has 2 aromatic carbocycles. The predicted octanol–water partition coefficient (Wildman–Crippen LogP) is 3.75. The smallest absolute Gasteiger partial charge is 0.157 e. The minimum absolute atomic E-state index is 0.754. The molecule has 0 saturated heterocycles. The molecule has 4 rings (SSSR count). The van der Waals surface area contributed by atoms with Crippen LogP contribution in [0.1, 0.15) is 11.8 Å². The van der Waals surface area contributed by atoms with Crippen molar-refractivity contribution in [1.29, 1.82) is 0 Å². The lowest BCUT2D eigenvalue weighted by Gasteiger charge is -2.16. The lowest BCUT2D eigenvalue weighted by atomic mass is 10.2. The van der Waals surface area contributed by atoms with Crippen LogP contribution in [0.2, 0.25) is 0 Å². The van der Waals surface area contributed by atoms with Crippen LogP contribution >= 0.6 is 0 Å². The molecule has 0 spiro atoms. The van der Waals surface area contributed by atoms with Gasteiger partial charge in [-0.05, 0) is 36.4 Å². The van der Waals surface area contributed by atoms with Gasteiger partial charge in [0.15, 0.2) is 6.23 Å². The standard InChI is InChI=1S/C20H18N2O3/c1-24-14-5-3-13(4-6-14)20(23)22-18-8-7-15(25-2)11-17(18)16-9-10-21-12-19(16)22/h3-12,20,23H,1-2H3. The van der Waals surface area contributed by atoms with Crippen molar-refractivity contribution in [2.45, 2.75) is 6.23 Å². The molecule has 1 atom stereocenters. The highest BCUT2D eigenvalue weighted by Gasteiger charge is 2.18. The van der Waals surface area contributed by atoms with Gasteiger partial charge >= 0.3 is 0 Å². The molecule has 0 bridgehead atoms. The SMILES string of the molecule is COc1ccc(C(O)n2c3ccc(OC)cc3c3ccncc32)cc1. The third kappa shape index (κ3) is 2.49. The van der Waals surface area contributed by atoms with Gasteiger partial charge in [-0.25, -0.2) is 0 Å². The summed E-state index contributed by atoms with van der Waals surface area (Å²) < 4.78 is 12.4. The van der Waals surface area contributed by atoms with Crippen LogP contribution in [-0.4, -0.2) is 28.9 Å². The molecule has 0 amide bonds. The average molecular weight is 334 g/mol. The Balaban J connectivity index is 1.95. The second-order valence-electron chi connectivity index (χ2n) is 5.79. The van der Waals surface area contributed by atoms with Gasteiger partial charge in [-0.1, -0.05) is 12.1 Å². The predicted molar refractivity (Wildman–Crippen MR) is 97.1 cm³/mol. The van der Waals surface area contributed by atoms with E-state index in [0.717, 1.165) is 38.9 Å². The van der Waals surface area contributed by atoms with E-state index in [-0.39, 0.29) is 0 Å². The summed E-state index contributed by atoms with van der Waals surface area (Å²) >= 11 is 0. The highest BCUT2D eigenvalue weighted by molar-refractivity contribution is 6.08. The van der Waals surface area contributed by atoms with Crippen LogP contribution < -0.4 is 9.47 Å². The molecule has 2 aromatic heterocycles. The van der Waals surface area contributed by atoms with E-state index in [1.54, 1.807) is 26.6 Å². The summed E-state index contributed by atoms with van der Waals surface area (Å²) in [4.78, 5) is 4.23. The molecule has 1 unspecified atom stereocenters. The Hall–Kier alpha value is -3.05. The molecular weight excluding hydrogens is 316 g/mol. The number of pyridine rings is 1. The fourth-order valence-electron chi connectivity index (χ4n) is 3.19. The molecule has 4 aromatic rings. The molecule has 0 aliphatic heterocycles. The highest BCUT2D eigenvalue weighted by atomic mass is 16.5. The Bertz CT molecular complexity index is 1040. The van der Waals surface area contributed by atoms with Crippen molar-refractivity contribution in [2.75, 3.05) is 14.2 Å². The number of benzene rings is 2. The van der Waals surface area contributed by atoms with Crippen LogP contribution in [0, 0.1) is 0 Å². The van der Waals surface area contributed by atoms with Crippen LogP contribution in [0.15, 0.2) is 60.9 Å². The van der Waals surface area contributed by atoms with E-state index in [4.69, 9.17) is 9.47 Å². The van der Waals surface area contributed by atoms with Crippen molar-refractivity contribution in [3.05, 3.63) is 66.5 Å². The number of hydrogen-bond acceptors (Lipinski definition) is 4. The van der Waals surface area contributed by atoms with Crippen molar-refractivity contribution >= 4 is 21.8 Å². The molecule has 5 heteroatoms. The zero-order valence-electron chi connectivity index (χ0n) is 14.0. The zero-order valence-corrected chi connectivity index (χ0v) is 14.0. The Morgan fingerprint density at radius 3 is 2.32 bits per heavy atom. The van der Waals surface area contributed by atoms with Gasteiger partial charge in [-0.2, -0.15) is 0 Å². The van der Waals surface area contributed by atoms with Crippen molar-refractivity contribution in [3.63, 3.8) is 0 Å². The van der Waals surface area contributed by atoms with Crippen LogP contribution in [0.5, 0.6) is 11.5 Å². The van der Waals surface area contributed by atoms with Gasteiger partial charge in [-0.15, -0.1) is 0 Å². The van der Waals surface area contributed by atoms with Crippen molar-refractivity contribution in [2.24, 2.45) is 0 Å². The Morgan fingerprint density at radius 2 is 1.60 bits per heavy atom. The highest BCUT2D eigenvalue weighted by Crippen LogP contribution is 2.35. The number of ether oxygens (including phenoxy) is 2. The number of nitrogens with zero attached hydrogens (tertiary/aromatic N) is 2. The zero-order chi connectivity index (χ0) is 17.4. The summed E-state index contributed by atoms with van der Waals surface area (Å²) in [6.07, 6.45) is 2.70. The second-order valence-corrected chi connectivity index (χ2v) is 5.79. The first kappa shape index (κ1) is 15.5. The summed E-state index contributed by atoms with van der Waals surface area (Å²) in [5, 5.41) is 13.1. The van der Waals surface area contributed by atoms with E-state index < -0.39 is 6.23 Å². The van der Waals surface area contributed by atoms with Crippen LogP contribution in [0.3, 0.4) is 0 Å². The third-order valence-electron chi connectivity index (χ3n) is 4.47. The number of hydrogen-bond donors (Lipinski definition) is 1. The molecule has 0 aliphatic rings. The number of aliphatic hydroxyl groups excluding tert-OH is 1. The number of rotatable bonds is 4. The van der Waals surface area contributed by atoms with Gasteiger partial charge in [0.2, 0.25) is 0 Å². The number of fused-ring (bicyclic) bond motifs is 3. The molecule has 5 nitrogen and oxygen atoms in total. The van der Waals surface area contributed by atoms with E-state index >= 15 is 0 Å². The monoisotopic (exact) mass is 334 g/mol. The number of aliphatic hydroxyl groups is 1. The fraction of sp³-hybridized carbons (Fsp3) is 0.150. The van der Waals surface area contributed by atoms with E-state index in [9.17, 15) is 5.11 Å². The van der Waals surface area contributed by atoms with Gasteiger partial charge < -0.3 is 19.1 Å². The minimum Gasteiger partial charge on any atom is -0.497 e. The summed E-state index contributed by atoms with van der Waals surface area (Å²) in [5.41, 5.74) is 2.57. The number of aromatic nitrogens is 2. The first-order chi connectivity index (χ1) is 12.2. The maximum Gasteiger partial charge on any atom is 0.157 e. The molecule has 0 saturated carbocycles. The van der Waals surface area contributed by atoms with E-state index in [1.165, 1.54) is 0 Å². The first-order valence-corrected chi connectivity index (χ1v) is 7.96. The normalized spacial score (nSPS) is 12.4. The first-order valence-electron chi connectivity index (χ1n) is 7.96. The summed E-state index contributed by atoms with van der Waals surface area (Å²) in [7, 11) is 3.27. The van der Waals surface area contributed by atoms with Gasteiger partial charge in [0.1, 0.15) is 11.5 Å². The lowest BCUT2D eigenvalue weighted by molar-refractivity contribution is 0.155. The Morgan fingerprint density at radius 1 is 0.880 bits per heavy atom. The Labute approximate surface area is 145 Å². The Kier molecular flexibility index (Phi) is 3.78. The molecule has 0 aliphatic carbocycles.